The van der Waals surface area contributed by atoms with Gasteiger partial charge in [-0.3, -0.25) is 4.98 Å². The smallest absolute Gasteiger partial charge is 0.433 e. The minimum atomic E-state index is -4.91. The molecule has 2 heterocycles. The number of benzene rings is 1. The third-order valence-electron chi connectivity index (χ3n) is 3.59. The van der Waals surface area contributed by atoms with Crippen molar-refractivity contribution in [1.29, 1.82) is 0 Å². The van der Waals surface area contributed by atoms with Crippen LogP contribution in [0.1, 0.15) is 11.3 Å². The van der Waals surface area contributed by atoms with Crippen molar-refractivity contribution in [1.82, 2.24) is 15.0 Å². The van der Waals surface area contributed by atoms with Crippen molar-refractivity contribution in [2.24, 2.45) is 0 Å². The summed E-state index contributed by atoms with van der Waals surface area (Å²) in [6, 6.07) is 9.20. The molecule has 0 spiro atoms. The summed E-state index contributed by atoms with van der Waals surface area (Å²) in [5.41, 5.74) is -2.57. The Bertz CT molecular complexity index is 989. The first-order valence-electron chi connectivity index (χ1n) is 7.89. The standard InChI is InChI=1S/C18H11F6N3O2/c1-28-15-13(18(22,23)24)16(29-11-5-3-2-4-6-11)27-14(26-15)10-7-8-12(25-9-10)17(19,20)21/h2-9H,1H3. The van der Waals surface area contributed by atoms with Gasteiger partial charge in [-0.1, -0.05) is 18.2 Å². The quantitative estimate of drug-likeness (QED) is 0.536. The van der Waals surface area contributed by atoms with Crippen LogP contribution >= 0.6 is 0 Å². The average Bonchev–Trinajstić information content (AvgIpc) is 2.66. The zero-order chi connectivity index (χ0) is 21.2. The van der Waals surface area contributed by atoms with Gasteiger partial charge in [-0.15, -0.1) is 0 Å². The molecule has 5 nitrogen and oxygen atoms in total. The summed E-state index contributed by atoms with van der Waals surface area (Å²) in [5.74, 6) is -1.98. The van der Waals surface area contributed by atoms with Crippen LogP contribution < -0.4 is 9.47 Å². The Morgan fingerprint density at radius 3 is 1.97 bits per heavy atom. The maximum absolute atomic E-state index is 13.5. The van der Waals surface area contributed by atoms with E-state index < -0.39 is 35.4 Å². The molecule has 3 aromatic rings. The van der Waals surface area contributed by atoms with Crippen LogP contribution in [0, 0.1) is 0 Å². The van der Waals surface area contributed by atoms with Crippen molar-refractivity contribution in [2.45, 2.75) is 12.4 Å². The Morgan fingerprint density at radius 2 is 1.45 bits per heavy atom. The van der Waals surface area contributed by atoms with E-state index in [1.165, 1.54) is 12.1 Å². The van der Waals surface area contributed by atoms with Crippen LogP contribution in [0.25, 0.3) is 11.4 Å². The number of rotatable bonds is 4. The van der Waals surface area contributed by atoms with Gasteiger partial charge in [0.05, 0.1) is 7.11 Å². The normalized spacial score (nSPS) is 12.0. The van der Waals surface area contributed by atoms with E-state index >= 15 is 0 Å². The summed E-state index contributed by atoms with van der Waals surface area (Å²) in [7, 11) is 0.971. The van der Waals surface area contributed by atoms with E-state index in [9.17, 15) is 26.3 Å². The number of alkyl halides is 6. The Kier molecular flexibility index (Phi) is 5.31. The molecule has 2 aromatic heterocycles. The van der Waals surface area contributed by atoms with Gasteiger partial charge in [-0.05, 0) is 24.3 Å². The zero-order valence-corrected chi connectivity index (χ0v) is 14.5. The minimum Gasteiger partial charge on any atom is -0.480 e. The number of hydrogen-bond acceptors (Lipinski definition) is 5. The van der Waals surface area contributed by atoms with Gasteiger partial charge in [-0.2, -0.15) is 36.3 Å². The number of methoxy groups -OCH3 is 1. The van der Waals surface area contributed by atoms with Crippen LogP contribution in [0.4, 0.5) is 26.3 Å². The predicted molar refractivity (Wildman–Crippen MR) is 88.3 cm³/mol. The molecule has 0 amide bonds. The maximum Gasteiger partial charge on any atom is 0.433 e. The van der Waals surface area contributed by atoms with Gasteiger partial charge in [0, 0.05) is 11.8 Å². The second-order valence-corrected chi connectivity index (χ2v) is 5.58. The van der Waals surface area contributed by atoms with Crippen LogP contribution in [0.2, 0.25) is 0 Å². The van der Waals surface area contributed by atoms with Crippen molar-refractivity contribution in [3.8, 4) is 28.9 Å². The van der Waals surface area contributed by atoms with Gasteiger partial charge in [0.1, 0.15) is 11.4 Å². The lowest BCUT2D eigenvalue weighted by Crippen LogP contribution is -2.13. The Labute approximate surface area is 160 Å². The molecule has 0 radical (unpaired) electrons. The van der Waals surface area contributed by atoms with E-state index in [1.54, 1.807) is 18.2 Å². The minimum absolute atomic E-state index is 0.0528. The van der Waals surface area contributed by atoms with Gasteiger partial charge < -0.3 is 9.47 Å². The van der Waals surface area contributed by atoms with E-state index in [2.05, 4.69) is 15.0 Å². The van der Waals surface area contributed by atoms with Gasteiger partial charge in [-0.25, -0.2) is 0 Å². The molecule has 0 saturated carbocycles. The average molecular weight is 415 g/mol. The van der Waals surface area contributed by atoms with Gasteiger partial charge in [0.25, 0.3) is 0 Å². The third-order valence-corrected chi connectivity index (χ3v) is 3.59. The fourth-order valence-corrected chi connectivity index (χ4v) is 2.31. The second-order valence-electron chi connectivity index (χ2n) is 5.58. The molecule has 11 heteroatoms. The third kappa shape index (κ3) is 4.55. The highest BCUT2D eigenvalue weighted by atomic mass is 19.4. The summed E-state index contributed by atoms with van der Waals surface area (Å²) in [6.07, 6.45) is -8.78. The van der Waals surface area contributed by atoms with Crippen LogP contribution in [0.3, 0.4) is 0 Å². The van der Waals surface area contributed by atoms with Crippen LogP contribution in [0.15, 0.2) is 48.7 Å². The molecule has 0 aliphatic carbocycles. The summed E-state index contributed by atoms with van der Waals surface area (Å²) in [4.78, 5) is 10.7. The molecular formula is C18H11F6N3O2. The number of nitrogens with zero attached hydrogens (tertiary/aromatic N) is 3. The van der Waals surface area contributed by atoms with Gasteiger partial charge in [0.15, 0.2) is 11.4 Å². The largest absolute Gasteiger partial charge is 0.480 e. The fraction of sp³-hybridized carbons (Fsp3) is 0.167. The molecule has 3 rings (SSSR count). The van der Waals surface area contributed by atoms with Crippen LogP contribution in [-0.4, -0.2) is 22.1 Å². The molecule has 0 saturated heterocycles. The molecule has 0 aliphatic rings. The first kappa shape index (κ1) is 20.4. The molecule has 1 aromatic carbocycles. The highest BCUT2D eigenvalue weighted by molar-refractivity contribution is 5.57. The van der Waals surface area contributed by atoms with E-state index in [1.807, 2.05) is 0 Å². The van der Waals surface area contributed by atoms with Crippen molar-refractivity contribution < 1.29 is 35.8 Å². The van der Waals surface area contributed by atoms with E-state index in [-0.39, 0.29) is 17.1 Å². The Hall–Kier alpha value is -3.37. The number of halogens is 6. The van der Waals surface area contributed by atoms with Crippen LogP contribution in [-0.2, 0) is 12.4 Å². The lowest BCUT2D eigenvalue weighted by Gasteiger charge is -2.16. The number of aromatic nitrogens is 3. The van der Waals surface area contributed by atoms with Crippen molar-refractivity contribution >= 4 is 0 Å². The van der Waals surface area contributed by atoms with Crippen molar-refractivity contribution in [3.63, 3.8) is 0 Å². The molecule has 152 valence electrons. The molecule has 0 fully saturated rings. The topological polar surface area (TPSA) is 57.1 Å². The molecule has 0 N–H and O–H groups in total. The number of pyridine rings is 1. The Morgan fingerprint density at radius 1 is 0.793 bits per heavy atom. The maximum atomic E-state index is 13.5. The molecular weight excluding hydrogens is 404 g/mol. The van der Waals surface area contributed by atoms with E-state index in [0.717, 1.165) is 19.4 Å². The zero-order valence-electron chi connectivity index (χ0n) is 14.5. The lowest BCUT2D eigenvalue weighted by atomic mass is 10.2. The molecule has 0 bridgehead atoms. The molecule has 0 atom stereocenters. The van der Waals surface area contributed by atoms with Crippen molar-refractivity contribution in [3.05, 3.63) is 59.9 Å². The number of ether oxygens (including phenoxy) is 2. The monoisotopic (exact) mass is 415 g/mol. The lowest BCUT2D eigenvalue weighted by molar-refractivity contribution is -0.141. The van der Waals surface area contributed by atoms with E-state index in [0.29, 0.717) is 6.07 Å². The van der Waals surface area contributed by atoms with Gasteiger partial charge >= 0.3 is 12.4 Å². The number of hydrogen-bond donors (Lipinski definition) is 0. The summed E-state index contributed by atoms with van der Waals surface area (Å²) < 4.78 is 88.6. The summed E-state index contributed by atoms with van der Waals surface area (Å²) >= 11 is 0. The van der Waals surface area contributed by atoms with E-state index in [4.69, 9.17) is 9.47 Å². The molecule has 0 unspecified atom stereocenters. The van der Waals surface area contributed by atoms with Gasteiger partial charge in [0.2, 0.25) is 11.8 Å². The van der Waals surface area contributed by atoms with Crippen molar-refractivity contribution in [2.75, 3.05) is 7.11 Å². The SMILES string of the molecule is COc1nc(-c2ccc(C(F)(F)F)nc2)nc(Oc2ccccc2)c1C(F)(F)F. The molecule has 29 heavy (non-hydrogen) atoms. The highest BCUT2D eigenvalue weighted by Crippen LogP contribution is 2.43. The first-order chi connectivity index (χ1) is 13.6. The second kappa shape index (κ2) is 7.57. The fourth-order valence-electron chi connectivity index (χ4n) is 2.31. The molecule has 0 aliphatic heterocycles. The first-order valence-corrected chi connectivity index (χ1v) is 7.89. The highest BCUT2D eigenvalue weighted by Gasteiger charge is 2.41. The van der Waals surface area contributed by atoms with Crippen LogP contribution in [0.5, 0.6) is 17.5 Å². The summed E-state index contributed by atoms with van der Waals surface area (Å²) in [6.45, 7) is 0. The number of para-hydroxylation sites is 1. The predicted octanol–water partition coefficient (Wildman–Crippen LogP) is 5.38. The Balaban J connectivity index is 2.13. The summed E-state index contributed by atoms with van der Waals surface area (Å²) in [5, 5.41) is 0.